The van der Waals surface area contributed by atoms with Crippen LogP contribution in [0.2, 0.25) is 18.6 Å². The minimum Gasteiger partial charge on any atom is -0.497 e. The van der Waals surface area contributed by atoms with Gasteiger partial charge in [0.15, 0.2) is 11.4 Å². The van der Waals surface area contributed by atoms with E-state index in [-0.39, 0.29) is 53.7 Å². The number of pyridine rings is 1. The first-order valence-electron chi connectivity index (χ1n) is 19.5. The average Bonchev–Trinajstić information content (AvgIpc) is 3.83. The number of carbonyl (C=O) groups is 2. The highest BCUT2D eigenvalue weighted by Gasteiger charge is 2.66. The maximum absolute atomic E-state index is 15.4. The summed E-state index contributed by atoms with van der Waals surface area (Å²) in [7, 11) is 0.595. The zero-order valence-corrected chi connectivity index (χ0v) is 34.6. The molecule has 6 rings (SSSR count). The van der Waals surface area contributed by atoms with Crippen LogP contribution < -0.4 is 25.1 Å². The summed E-state index contributed by atoms with van der Waals surface area (Å²) in [5.41, 5.74) is 2.61. The minimum absolute atomic E-state index is 0.0653. The Kier molecular flexibility index (Phi) is 11.9. The second kappa shape index (κ2) is 16.3. The SMILES string of the molecule is COc1ccc([Si](C)(C)[C@H]2[C@H](CC(=O)N3CCC[C@H]3CO)O[C@@]3(C(=O)N(C/C=C(\C)CCC=C(C)C)c4ccc(-n5cccc(OC)c5=O)cc43)[C@@H]2C)cc1. The minimum atomic E-state index is -2.53. The fourth-order valence-corrected chi connectivity index (χ4v) is 13.3. The molecule has 2 saturated heterocycles. The molecule has 0 saturated carbocycles. The van der Waals surface area contributed by atoms with E-state index in [1.165, 1.54) is 28.0 Å². The maximum Gasteiger partial charge on any atom is 0.297 e. The zero-order valence-electron chi connectivity index (χ0n) is 33.6. The summed E-state index contributed by atoms with van der Waals surface area (Å²) in [5, 5.41) is 11.3. The van der Waals surface area contributed by atoms with Crippen molar-refractivity contribution in [2.45, 2.75) is 96.2 Å². The molecule has 1 spiro atoms. The van der Waals surface area contributed by atoms with Crippen molar-refractivity contribution in [1.29, 1.82) is 0 Å². The summed E-state index contributed by atoms with van der Waals surface area (Å²) in [6, 6.07) is 17.0. The molecule has 3 aliphatic rings. The van der Waals surface area contributed by atoms with Crippen LogP contribution in [0.5, 0.6) is 11.5 Å². The number of benzene rings is 2. The molecule has 4 heterocycles. The maximum atomic E-state index is 15.4. The molecule has 0 bridgehead atoms. The van der Waals surface area contributed by atoms with Crippen molar-refractivity contribution in [2.24, 2.45) is 5.92 Å². The molecular formula is C44H57N3O7Si. The number of aromatic nitrogens is 1. The number of hydrogen-bond donors (Lipinski definition) is 1. The van der Waals surface area contributed by atoms with Crippen LogP contribution in [0.3, 0.4) is 0 Å². The van der Waals surface area contributed by atoms with Gasteiger partial charge in [-0.1, -0.05) is 60.6 Å². The number of amides is 2. The van der Waals surface area contributed by atoms with Gasteiger partial charge in [0.05, 0.1) is 53.2 Å². The van der Waals surface area contributed by atoms with Crippen LogP contribution in [-0.2, 0) is 19.9 Å². The topological polar surface area (TPSA) is 111 Å². The van der Waals surface area contributed by atoms with Crippen molar-refractivity contribution in [3.05, 3.63) is 100 Å². The molecule has 0 unspecified atom stereocenters. The Labute approximate surface area is 326 Å². The van der Waals surface area contributed by atoms with E-state index >= 15 is 4.79 Å². The van der Waals surface area contributed by atoms with Crippen LogP contribution >= 0.6 is 0 Å². The Hall–Kier alpha value is -4.45. The third kappa shape index (κ3) is 7.46. The quantitative estimate of drug-likeness (QED) is 0.157. The lowest BCUT2D eigenvalue weighted by atomic mass is 9.82. The smallest absolute Gasteiger partial charge is 0.297 e. The van der Waals surface area contributed by atoms with Crippen LogP contribution in [0.1, 0.15) is 65.4 Å². The number of allylic oxidation sites excluding steroid dienone is 3. The lowest BCUT2D eigenvalue weighted by Gasteiger charge is -2.37. The summed E-state index contributed by atoms with van der Waals surface area (Å²) in [4.78, 5) is 46.7. The van der Waals surface area contributed by atoms with Crippen LogP contribution in [0.25, 0.3) is 5.69 Å². The summed E-state index contributed by atoms with van der Waals surface area (Å²) in [6.45, 7) is 13.9. The number of aliphatic hydroxyl groups excluding tert-OH is 1. The Morgan fingerprint density at radius 1 is 1.04 bits per heavy atom. The molecule has 0 radical (unpaired) electrons. The van der Waals surface area contributed by atoms with E-state index in [0.29, 0.717) is 24.3 Å². The molecule has 0 aliphatic carbocycles. The monoisotopic (exact) mass is 767 g/mol. The summed E-state index contributed by atoms with van der Waals surface area (Å²) in [6.07, 6.45) is 8.97. The highest BCUT2D eigenvalue weighted by atomic mass is 28.3. The van der Waals surface area contributed by atoms with Gasteiger partial charge in [0.1, 0.15) is 5.75 Å². The third-order valence-corrected chi connectivity index (χ3v) is 16.6. The molecule has 1 N–H and O–H groups in total. The predicted molar refractivity (Wildman–Crippen MR) is 219 cm³/mol. The molecule has 2 aromatic carbocycles. The second-order valence-electron chi connectivity index (χ2n) is 16.2. The van der Waals surface area contributed by atoms with Gasteiger partial charge in [-0.2, -0.15) is 0 Å². The Bertz CT molecular complexity index is 2020. The van der Waals surface area contributed by atoms with Crippen molar-refractivity contribution in [3.63, 3.8) is 0 Å². The summed E-state index contributed by atoms with van der Waals surface area (Å²) in [5.74, 6) is 0.412. The van der Waals surface area contributed by atoms with Gasteiger partial charge in [-0.3, -0.25) is 19.0 Å². The van der Waals surface area contributed by atoms with Crippen LogP contribution in [0.15, 0.2) is 88.9 Å². The first kappa shape index (κ1) is 40.2. The lowest BCUT2D eigenvalue weighted by molar-refractivity contribution is -0.149. The summed E-state index contributed by atoms with van der Waals surface area (Å²) >= 11 is 0. The number of methoxy groups -OCH3 is 2. The number of hydrogen-bond acceptors (Lipinski definition) is 7. The van der Waals surface area contributed by atoms with Gasteiger partial charge in [0.25, 0.3) is 11.5 Å². The molecule has 55 heavy (non-hydrogen) atoms. The Morgan fingerprint density at radius 3 is 2.45 bits per heavy atom. The molecule has 3 aliphatic heterocycles. The standard InChI is InChI=1S/C44H57N3O7Si/c1-29(2)12-9-13-30(3)22-25-47-37-21-16-32(46-24-11-15-38(53-6)42(46)50)26-36(37)44(43(47)51)31(4)41(55(7,8)35-19-17-34(52-5)18-20-35)39(54-44)27-40(49)45-23-10-14-33(45)28-48/h11-12,15-22,24,26,31,33,39,41,48H,9-10,13-14,23,25,27-28H2,1-8H3/b30-22+/t31-,33+,39+,41-,44+/m1/s1. The van der Waals surface area contributed by atoms with E-state index in [4.69, 9.17) is 14.2 Å². The average molecular weight is 768 g/mol. The fourth-order valence-electron chi connectivity index (χ4n) is 9.25. The fraction of sp³-hybridized carbons (Fsp3) is 0.477. The second-order valence-corrected chi connectivity index (χ2v) is 20.9. The van der Waals surface area contributed by atoms with Crippen molar-refractivity contribution in [3.8, 4) is 17.2 Å². The number of aliphatic hydroxyl groups is 1. The molecule has 2 fully saturated rings. The van der Waals surface area contributed by atoms with E-state index in [0.717, 1.165) is 37.1 Å². The van der Waals surface area contributed by atoms with Gasteiger partial charge in [0.2, 0.25) is 5.91 Å². The third-order valence-electron chi connectivity index (χ3n) is 12.2. The normalized spacial score (nSPS) is 23.7. The number of carbonyl (C=O) groups excluding carboxylic acids is 2. The molecule has 5 atom stereocenters. The van der Waals surface area contributed by atoms with Crippen molar-refractivity contribution >= 4 is 30.8 Å². The molecule has 1 aromatic heterocycles. The van der Waals surface area contributed by atoms with Gasteiger partial charge in [-0.15, -0.1) is 0 Å². The molecule has 11 heteroatoms. The van der Waals surface area contributed by atoms with E-state index in [9.17, 15) is 14.7 Å². The van der Waals surface area contributed by atoms with E-state index in [2.05, 4.69) is 65.1 Å². The number of rotatable bonds is 13. The highest BCUT2D eigenvalue weighted by Crippen LogP contribution is 2.60. The predicted octanol–water partition coefficient (Wildman–Crippen LogP) is 6.48. The van der Waals surface area contributed by atoms with Gasteiger partial charge in [-0.25, -0.2) is 0 Å². The number of anilines is 1. The largest absolute Gasteiger partial charge is 0.497 e. The molecule has 10 nitrogen and oxygen atoms in total. The van der Waals surface area contributed by atoms with Gasteiger partial charge in [-0.05, 0) is 94.5 Å². The van der Waals surface area contributed by atoms with Crippen molar-refractivity contribution < 1.29 is 28.9 Å². The number of fused-ring (bicyclic) bond motifs is 2. The first-order valence-corrected chi connectivity index (χ1v) is 22.6. The van der Waals surface area contributed by atoms with E-state index in [1.807, 2.05) is 35.2 Å². The number of likely N-dealkylation sites (tertiary alicyclic amines) is 1. The highest BCUT2D eigenvalue weighted by molar-refractivity contribution is 6.91. The molecule has 2 amide bonds. The van der Waals surface area contributed by atoms with Crippen molar-refractivity contribution in [2.75, 3.05) is 38.8 Å². The number of nitrogens with zero attached hydrogens (tertiary/aromatic N) is 3. The Morgan fingerprint density at radius 2 is 1.78 bits per heavy atom. The lowest BCUT2D eigenvalue weighted by Crippen LogP contribution is -2.52. The first-order chi connectivity index (χ1) is 26.3. The van der Waals surface area contributed by atoms with Crippen LogP contribution in [-0.4, -0.2) is 80.5 Å². The van der Waals surface area contributed by atoms with Gasteiger partial charge < -0.3 is 29.1 Å². The molecule has 294 valence electrons. The van der Waals surface area contributed by atoms with Crippen LogP contribution in [0.4, 0.5) is 5.69 Å². The van der Waals surface area contributed by atoms with E-state index < -0.39 is 19.8 Å². The molecular weight excluding hydrogens is 711 g/mol. The van der Waals surface area contributed by atoms with Gasteiger partial charge >= 0.3 is 0 Å². The van der Waals surface area contributed by atoms with Crippen molar-refractivity contribution in [1.82, 2.24) is 9.47 Å². The number of ether oxygens (including phenoxy) is 3. The Balaban J connectivity index is 1.49. The van der Waals surface area contributed by atoms with Gasteiger partial charge in [0, 0.05) is 36.5 Å². The molecule has 3 aromatic rings. The van der Waals surface area contributed by atoms with Crippen LogP contribution in [0, 0.1) is 5.92 Å². The van der Waals surface area contributed by atoms with E-state index in [1.54, 1.807) is 30.3 Å². The summed E-state index contributed by atoms with van der Waals surface area (Å²) < 4.78 is 19.7. The zero-order chi connectivity index (χ0) is 39.7.